The minimum atomic E-state index is 0. The van der Waals surface area contributed by atoms with Crippen LogP contribution in [0.2, 0.25) is 0 Å². The van der Waals surface area contributed by atoms with E-state index in [-0.39, 0.29) is 12.4 Å². The van der Waals surface area contributed by atoms with Gasteiger partial charge in [0.15, 0.2) is 0 Å². The molecule has 2 unspecified atom stereocenters. The molecular weight excluding hydrogens is 328 g/mol. The molecule has 1 amide bonds. The Labute approximate surface area is 149 Å². The molecular formula is C18H25ClN2OS. The van der Waals surface area contributed by atoms with E-state index in [1.807, 2.05) is 11.8 Å². The van der Waals surface area contributed by atoms with Crippen molar-refractivity contribution in [3.8, 4) is 0 Å². The van der Waals surface area contributed by atoms with Gasteiger partial charge in [-0.05, 0) is 36.8 Å². The zero-order valence-electron chi connectivity index (χ0n) is 13.4. The normalized spacial score (nSPS) is 26.3. The zero-order chi connectivity index (χ0) is 14.9. The van der Waals surface area contributed by atoms with Crippen LogP contribution in [0.3, 0.4) is 0 Å². The fraction of sp³-hybridized carbons (Fsp3) is 0.611. The second-order valence-electron chi connectivity index (χ2n) is 6.72. The SMILES string of the molecule is Cl.O=C(CC1CSCCN1)N(C1CC1)C1CCc2ccccc21. The summed E-state index contributed by atoms with van der Waals surface area (Å²) in [6, 6.07) is 9.88. The summed E-state index contributed by atoms with van der Waals surface area (Å²) in [4.78, 5) is 15.2. The molecule has 2 atom stereocenters. The van der Waals surface area contributed by atoms with Gasteiger partial charge in [0.25, 0.3) is 0 Å². The first-order valence-electron chi connectivity index (χ1n) is 8.53. The van der Waals surface area contributed by atoms with Crippen LogP contribution in [0.5, 0.6) is 0 Å². The molecule has 1 saturated carbocycles. The number of nitrogens with one attached hydrogen (secondary N) is 1. The number of nitrogens with zero attached hydrogens (tertiary/aromatic N) is 1. The lowest BCUT2D eigenvalue weighted by Crippen LogP contribution is -2.44. The quantitative estimate of drug-likeness (QED) is 0.903. The van der Waals surface area contributed by atoms with E-state index in [2.05, 4.69) is 34.5 Å². The standard InChI is InChI=1S/C18H24N2OS.ClH/c21-18(11-14-12-22-10-9-19-14)20(15-6-7-15)17-8-5-13-3-1-2-4-16(13)17;/h1-4,14-15,17,19H,5-12H2;1H. The van der Waals surface area contributed by atoms with Crippen molar-refractivity contribution in [3.05, 3.63) is 35.4 Å². The first-order chi connectivity index (χ1) is 10.8. The van der Waals surface area contributed by atoms with E-state index in [0.717, 1.165) is 25.1 Å². The van der Waals surface area contributed by atoms with Gasteiger partial charge in [-0.25, -0.2) is 0 Å². The van der Waals surface area contributed by atoms with E-state index in [1.165, 1.54) is 29.7 Å². The van der Waals surface area contributed by atoms with E-state index in [4.69, 9.17) is 0 Å². The van der Waals surface area contributed by atoms with Crippen molar-refractivity contribution in [3.63, 3.8) is 0 Å². The van der Waals surface area contributed by atoms with Crippen LogP contribution in [-0.2, 0) is 11.2 Å². The summed E-state index contributed by atoms with van der Waals surface area (Å²) < 4.78 is 0. The molecule has 0 bridgehead atoms. The first kappa shape index (κ1) is 17.1. The molecule has 3 aliphatic rings. The third-order valence-corrected chi connectivity index (χ3v) is 6.22. The molecule has 1 heterocycles. The summed E-state index contributed by atoms with van der Waals surface area (Å²) in [5.41, 5.74) is 2.84. The molecule has 1 aliphatic heterocycles. The first-order valence-corrected chi connectivity index (χ1v) is 9.68. The van der Waals surface area contributed by atoms with Gasteiger partial charge in [-0.2, -0.15) is 11.8 Å². The van der Waals surface area contributed by atoms with Gasteiger partial charge >= 0.3 is 0 Å². The lowest BCUT2D eigenvalue weighted by Gasteiger charge is -2.32. The summed E-state index contributed by atoms with van der Waals surface area (Å²) in [5.74, 6) is 2.61. The molecule has 1 saturated heterocycles. The van der Waals surface area contributed by atoms with Gasteiger partial charge in [0.2, 0.25) is 5.91 Å². The van der Waals surface area contributed by atoms with Crippen molar-refractivity contribution in [2.75, 3.05) is 18.1 Å². The molecule has 23 heavy (non-hydrogen) atoms. The Balaban J connectivity index is 0.00000156. The number of rotatable bonds is 4. The largest absolute Gasteiger partial charge is 0.333 e. The van der Waals surface area contributed by atoms with Gasteiger partial charge in [-0.3, -0.25) is 4.79 Å². The fourth-order valence-corrected chi connectivity index (χ4v) is 4.82. The maximum Gasteiger partial charge on any atom is 0.224 e. The Hall–Kier alpha value is -0.710. The van der Waals surface area contributed by atoms with Crippen LogP contribution in [0.1, 0.15) is 42.9 Å². The van der Waals surface area contributed by atoms with E-state index in [0.29, 0.717) is 30.5 Å². The second-order valence-corrected chi connectivity index (χ2v) is 7.87. The summed E-state index contributed by atoms with van der Waals surface area (Å²) >= 11 is 1.97. The maximum absolute atomic E-state index is 13.0. The van der Waals surface area contributed by atoms with Crippen LogP contribution < -0.4 is 5.32 Å². The number of benzene rings is 1. The number of thioether (sulfide) groups is 1. The van der Waals surface area contributed by atoms with Gasteiger partial charge in [-0.1, -0.05) is 24.3 Å². The molecule has 1 N–H and O–H groups in total. The summed E-state index contributed by atoms with van der Waals surface area (Å²) in [6.07, 6.45) is 5.28. The zero-order valence-corrected chi connectivity index (χ0v) is 15.0. The Morgan fingerprint density at radius 3 is 2.83 bits per heavy atom. The lowest BCUT2D eigenvalue weighted by molar-refractivity contribution is -0.134. The molecule has 0 radical (unpaired) electrons. The number of halogens is 1. The molecule has 0 aromatic heterocycles. The monoisotopic (exact) mass is 352 g/mol. The average Bonchev–Trinajstić information content (AvgIpc) is 3.29. The van der Waals surface area contributed by atoms with Crippen molar-refractivity contribution in [2.45, 2.75) is 50.2 Å². The molecule has 3 nitrogen and oxygen atoms in total. The Bertz CT molecular complexity index is 558. The predicted molar refractivity (Wildman–Crippen MR) is 98.4 cm³/mol. The van der Waals surface area contributed by atoms with Crippen molar-refractivity contribution in [1.82, 2.24) is 10.2 Å². The van der Waals surface area contributed by atoms with Gasteiger partial charge < -0.3 is 10.2 Å². The van der Waals surface area contributed by atoms with Crippen LogP contribution in [0.15, 0.2) is 24.3 Å². The highest BCUT2D eigenvalue weighted by atomic mass is 35.5. The molecule has 4 rings (SSSR count). The number of amides is 1. The van der Waals surface area contributed by atoms with Gasteiger partial charge in [-0.15, -0.1) is 12.4 Å². The number of fused-ring (bicyclic) bond motifs is 1. The highest BCUT2D eigenvalue weighted by molar-refractivity contribution is 7.99. The second kappa shape index (κ2) is 7.45. The molecule has 0 spiro atoms. The van der Waals surface area contributed by atoms with Crippen LogP contribution in [0.25, 0.3) is 0 Å². The fourth-order valence-electron chi connectivity index (χ4n) is 3.88. The number of hydrogen-bond acceptors (Lipinski definition) is 3. The Kier molecular flexibility index (Phi) is 5.55. The van der Waals surface area contributed by atoms with Crippen molar-refractivity contribution >= 4 is 30.1 Å². The number of carbonyl (C=O) groups is 1. The van der Waals surface area contributed by atoms with Crippen molar-refractivity contribution in [2.24, 2.45) is 0 Å². The third kappa shape index (κ3) is 3.70. The lowest BCUT2D eigenvalue weighted by atomic mass is 10.1. The van der Waals surface area contributed by atoms with E-state index >= 15 is 0 Å². The highest BCUT2D eigenvalue weighted by Gasteiger charge is 2.40. The Morgan fingerprint density at radius 2 is 2.09 bits per heavy atom. The van der Waals surface area contributed by atoms with Gasteiger partial charge in [0.05, 0.1) is 6.04 Å². The topological polar surface area (TPSA) is 32.3 Å². The predicted octanol–water partition coefficient (Wildman–Crippen LogP) is 3.18. The molecule has 2 fully saturated rings. The molecule has 5 heteroatoms. The minimum absolute atomic E-state index is 0. The maximum atomic E-state index is 13.0. The highest BCUT2D eigenvalue weighted by Crippen LogP contribution is 2.42. The molecule has 126 valence electrons. The van der Waals surface area contributed by atoms with E-state index in [9.17, 15) is 4.79 Å². The number of aryl methyl sites for hydroxylation is 1. The van der Waals surface area contributed by atoms with Crippen LogP contribution >= 0.6 is 24.2 Å². The van der Waals surface area contributed by atoms with Crippen LogP contribution in [0.4, 0.5) is 0 Å². The van der Waals surface area contributed by atoms with Crippen molar-refractivity contribution in [1.29, 1.82) is 0 Å². The van der Waals surface area contributed by atoms with Gasteiger partial charge in [0.1, 0.15) is 0 Å². The molecule has 1 aromatic rings. The van der Waals surface area contributed by atoms with E-state index < -0.39 is 0 Å². The van der Waals surface area contributed by atoms with Crippen LogP contribution in [-0.4, -0.2) is 40.9 Å². The van der Waals surface area contributed by atoms with Crippen molar-refractivity contribution < 1.29 is 4.79 Å². The summed E-state index contributed by atoms with van der Waals surface area (Å²) in [5, 5.41) is 3.51. The number of hydrogen-bond donors (Lipinski definition) is 1. The smallest absolute Gasteiger partial charge is 0.224 e. The van der Waals surface area contributed by atoms with Crippen LogP contribution in [0, 0.1) is 0 Å². The average molecular weight is 353 g/mol. The summed E-state index contributed by atoms with van der Waals surface area (Å²) in [7, 11) is 0. The molecule has 1 aromatic carbocycles. The minimum Gasteiger partial charge on any atom is -0.333 e. The Morgan fingerprint density at radius 1 is 1.26 bits per heavy atom. The van der Waals surface area contributed by atoms with E-state index in [1.54, 1.807) is 0 Å². The molecule has 2 aliphatic carbocycles. The van der Waals surface area contributed by atoms with Gasteiger partial charge in [0, 0.05) is 36.6 Å². The summed E-state index contributed by atoms with van der Waals surface area (Å²) in [6.45, 7) is 1.04. The number of carbonyl (C=O) groups excluding carboxylic acids is 1. The third-order valence-electron chi connectivity index (χ3n) is 5.08.